The van der Waals surface area contributed by atoms with Gasteiger partial charge in [0.05, 0.1) is 12.7 Å². The molecule has 3 N–H and O–H groups in total. The lowest BCUT2D eigenvalue weighted by Crippen LogP contribution is -2.33. The molecule has 0 aromatic heterocycles. The van der Waals surface area contributed by atoms with Crippen molar-refractivity contribution in [2.45, 2.75) is 31.3 Å². The van der Waals surface area contributed by atoms with Gasteiger partial charge in [-0.2, -0.15) is 0 Å². The summed E-state index contributed by atoms with van der Waals surface area (Å²) >= 11 is 0. The third-order valence-electron chi connectivity index (χ3n) is 1.78. The predicted octanol–water partition coefficient (Wildman–Crippen LogP) is -1.51. The van der Waals surface area contributed by atoms with Gasteiger partial charge in [-0.25, -0.2) is 0 Å². The maximum absolute atomic E-state index is 9.09. The van der Waals surface area contributed by atoms with E-state index in [0.717, 1.165) is 0 Å². The van der Waals surface area contributed by atoms with E-state index in [9.17, 15) is 0 Å². The first kappa shape index (κ1) is 7.94. The normalized spacial score (nSPS) is 48.0. The summed E-state index contributed by atoms with van der Waals surface area (Å²) in [6.45, 7) is 1.41. The first-order valence-corrected chi connectivity index (χ1v) is 3.29. The molecule has 0 spiro atoms. The molecule has 0 saturated carbocycles. The smallest absolute Gasteiger partial charge is 0.111 e. The molecule has 1 rings (SSSR count). The van der Waals surface area contributed by atoms with Gasteiger partial charge in [0, 0.05) is 0 Å². The molecule has 1 saturated heterocycles. The summed E-state index contributed by atoms with van der Waals surface area (Å²) in [6, 6.07) is 0. The Balaban J connectivity index is 2.53. The van der Waals surface area contributed by atoms with Crippen molar-refractivity contribution in [3.63, 3.8) is 0 Å². The third kappa shape index (κ3) is 1.15. The maximum Gasteiger partial charge on any atom is 0.111 e. The molecule has 1 aliphatic heterocycles. The van der Waals surface area contributed by atoms with Gasteiger partial charge in [0.15, 0.2) is 0 Å². The Bertz CT molecular complexity index is 116. The number of aliphatic hydroxyl groups excluding tert-OH is 3. The zero-order valence-corrected chi connectivity index (χ0v) is 5.77. The molecule has 1 heterocycles. The molecule has 0 bridgehead atoms. The zero-order valence-electron chi connectivity index (χ0n) is 5.77. The van der Waals surface area contributed by atoms with E-state index in [-0.39, 0.29) is 12.7 Å². The molecular formula is C6H12O4. The fraction of sp³-hybridized carbons (Fsp3) is 1.00. The van der Waals surface area contributed by atoms with Crippen LogP contribution in [0, 0.1) is 0 Å². The largest absolute Gasteiger partial charge is 0.394 e. The van der Waals surface area contributed by atoms with Crippen LogP contribution in [0.4, 0.5) is 0 Å². The minimum Gasteiger partial charge on any atom is -0.394 e. The van der Waals surface area contributed by atoms with Crippen molar-refractivity contribution in [2.75, 3.05) is 6.61 Å². The van der Waals surface area contributed by atoms with Crippen molar-refractivity contribution in [3.05, 3.63) is 0 Å². The molecule has 60 valence electrons. The van der Waals surface area contributed by atoms with Gasteiger partial charge in [-0.15, -0.1) is 0 Å². The first-order chi connectivity index (χ1) is 4.66. The molecule has 10 heavy (non-hydrogen) atoms. The Morgan fingerprint density at radius 1 is 1.30 bits per heavy atom. The Morgan fingerprint density at radius 2 is 1.90 bits per heavy atom. The van der Waals surface area contributed by atoms with E-state index in [0.29, 0.717) is 0 Å². The van der Waals surface area contributed by atoms with Gasteiger partial charge in [0.2, 0.25) is 0 Å². The van der Waals surface area contributed by atoms with E-state index in [1.54, 1.807) is 6.92 Å². The van der Waals surface area contributed by atoms with Gasteiger partial charge in [-0.05, 0) is 6.92 Å². The van der Waals surface area contributed by atoms with E-state index >= 15 is 0 Å². The van der Waals surface area contributed by atoms with Crippen LogP contribution in [-0.2, 0) is 4.74 Å². The molecule has 1 fully saturated rings. The van der Waals surface area contributed by atoms with Crippen LogP contribution in [0.1, 0.15) is 6.92 Å². The lowest BCUT2D eigenvalue weighted by Gasteiger charge is -2.10. The van der Waals surface area contributed by atoms with Crippen molar-refractivity contribution >= 4 is 0 Å². The van der Waals surface area contributed by atoms with E-state index in [2.05, 4.69) is 0 Å². The summed E-state index contributed by atoms with van der Waals surface area (Å²) < 4.78 is 4.98. The Hall–Kier alpha value is -0.160. The monoisotopic (exact) mass is 148 g/mol. The fourth-order valence-corrected chi connectivity index (χ4v) is 1.09. The second-order valence-corrected chi connectivity index (χ2v) is 2.54. The van der Waals surface area contributed by atoms with Crippen LogP contribution >= 0.6 is 0 Å². The van der Waals surface area contributed by atoms with Crippen molar-refractivity contribution in [1.82, 2.24) is 0 Å². The number of aliphatic hydroxyl groups is 3. The summed E-state index contributed by atoms with van der Waals surface area (Å²) in [5.74, 6) is 0. The zero-order chi connectivity index (χ0) is 7.72. The summed E-state index contributed by atoms with van der Waals surface area (Å²) in [7, 11) is 0. The molecule has 4 atom stereocenters. The van der Waals surface area contributed by atoms with E-state index in [4.69, 9.17) is 20.1 Å². The minimum absolute atomic E-state index is 0.247. The molecule has 0 aromatic carbocycles. The van der Waals surface area contributed by atoms with Crippen LogP contribution < -0.4 is 0 Å². The van der Waals surface area contributed by atoms with E-state index < -0.39 is 18.3 Å². The Labute approximate surface area is 59.1 Å². The van der Waals surface area contributed by atoms with Crippen molar-refractivity contribution in [1.29, 1.82) is 0 Å². The number of ether oxygens (including phenoxy) is 1. The highest BCUT2D eigenvalue weighted by Gasteiger charge is 2.39. The van der Waals surface area contributed by atoms with Crippen LogP contribution in [0.5, 0.6) is 0 Å². The number of hydrogen-bond acceptors (Lipinski definition) is 4. The van der Waals surface area contributed by atoms with Crippen molar-refractivity contribution in [2.24, 2.45) is 0 Å². The third-order valence-corrected chi connectivity index (χ3v) is 1.78. The lowest BCUT2D eigenvalue weighted by molar-refractivity contribution is -0.0171. The number of rotatable bonds is 1. The standard InChI is InChI=1S/C6H12O4/c1-3-5(8)6(9)4(2-7)10-3/h3-9H,2H2,1H3/t3-,4-,5+,6+/m1/s1. The molecule has 0 aromatic rings. The second kappa shape index (κ2) is 2.84. The van der Waals surface area contributed by atoms with Crippen LogP contribution in [-0.4, -0.2) is 46.3 Å². The van der Waals surface area contributed by atoms with Gasteiger partial charge in [-0.3, -0.25) is 0 Å². The van der Waals surface area contributed by atoms with Gasteiger partial charge < -0.3 is 20.1 Å². The summed E-state index contributed by atoms with van der Waals surface area (Å²) in [5, 5.41) is 26.8. The average molecular weight is 148 g/mol. The highest BCUT2D eigenvalue weighted by atomic mass is 16.5. The van der Waals surface area contributed by atoms with Gasteiger partial charge >= 0.3 is 0 Å². The van der Waals surface area contributed by atoms with Crippen molar-refractivity contribution in [3.8, 4) is 0 Å². The van der Waals surface area contributed by atoms with Crippen molar-refractivity contribution < 1.29 is 20.1 Å². The van der Waals surface area contributed by atoms with Gasteiger partial charge in [0.25, 0.3) is 0 Å². The molecule has 0 radical (unpaired) electrons. The molecule has 4 heteroatoms. The summed E-state index contributed by atoms with van der Waals surface area (Å²) in [6.07, 6.45) is -2.81. The van der Waals surface area contributed by atoms with Crippen LogP contribution in [0.3, 0.4) is 0 Å². The van der Waals surface area contributed by atoms with E-state index in [1.165, 1.54) is 0 Å². The molecule has 0 amide bonds. The lowest BCUT2D eigenvalue weighted by atomic mass is 10.1. The Kier molecular flexibility index (Phi) is 2.25. The molecular weight excluding hydrogens is 136 g/mol. The molecule has 0 unspecified atom stereocenters. The topological polar surface area (TPSA) is 69.9 Å². The summed E-state index contributed by atoms with van der Waals surface area (Å²) in [5.41, 5.74) is 0. The second-order valence-electron chi connectivity index (χ2n) is 2.54. The predicted molar refractivity (Wildman–Crippen MR) is 33.4 cm³/mol. The molecule has 1 aliphatic rings. The quantitative estimate of drug-likeness (QED) is 0.422. The van der Waals surface area contributed by atoms with Gasteiger partial charge in [-0.1, -0.05) is 0 Å². The van der Waals surface area contributed by atoms with Gasteiger partial charge in [0.1, 0.15) is 18.3 Å². The first-order valence-electron chi connectivity index (χ1n) is 3.29. The SMILES string of the molecule is C[C@H]1O[C@H](CO)[C@H](O)[C@H]1O. The number of hydrogen-bond donors (Lipinski definition) is 3. The maximum atomic E-state index is 9.09. The highest BCUT2D eigenvalue weighted by molar-refractivity contribution is 4.87. The van der Waals surface area contributed by atoms with E-state index in [1.807, 2.05) is 0 Å². The summed E-state index contributed by atoms with van der Waals surface area (Å²) in [4.78, 5) is 0. The molecule has 4 nitrogen and oxygen atoms in total. The van der Waals surface area contributed by atoms with Crippen LogP contribution in [0.25, 0.3) is 0 Å². The average Bonchev–Trinajstić information content (AvgIpc) is 2.17. The fourth-order valence-electron chi connectivity index (χ4n) is 1.09. The highest BCUT2D eigenvalue weighted by Crippen LogP contribution is 2.19. The van der Waals surface area contributed by atoms with Crippen LogP contribution in [0.2, 0.25) is 0 Å². The minimum atomic E-state index is -0.944. The Morgan fingerprint density at radius 3 is 2.10 bits per heavy atom. The van der Waals surface area contributed by atoms with Crippen LogP contribution in [0.15, 0.2) is 0 Å². The molecule has 0 aliphatic carbocycles.